The zero-order valence-electron chi connectivity index (χ0n) is 21.6. The molecule has 0 fully saturated rings. The van der Waals surface area contributed by atoms with E-state index in [1.165, 1.54) is 5.56 Å². The molecule has 1 aliphatic heterocycles. The summed E-state index contributed by atoms with van der Waals surface area (Å²) in [5, 5.41) is 10.8. The van der Waals surface area contributed by atoms with Crippen LogP contribution in [0.4, 0.5) is 5.69 Å². The molecule has 3 aromatic carbocycles. The summed E-state index contributed by atoms with van der Waals surface area (Å²) in [5.74, 6) is -1.63. The molecule has 37 heavy (non-hydrogen) atoms. The largest absolute Gasteiger partial charge is 0.478 e. The van der Waals surface area contributed by atoms with Crippen molar-refractivity contribution in [3.8, 4) is 0 Å². The maximum atomic E-state index is 13.7. The number of amides is 1. The minimum Gasteiger partial charge on any atom is -0.478 e. The molecule has 1 heterocycles. The number of carbonyl (C=O) groups excluding carboxylic acids is 1. The Morgan fingerprint density at radius 3 is 2.19 bits per heavy atom. The number of primary amides is 1. The fourth-order valence-electron chi connectivity index (χ4n) is 5.33. The Hall–Kier alpha value is -3.02. The lowest BCUT2D eigenvalue weighted by molar-refractivity contribution is -0.123. The highest BCUT2D eigenvalue weighted by molar-refractivity contribution is 6.42. The summed E-state index contributed by atoms with van der Waals surface area (Å²) in [6.07, 6.45) is 1.69. The van der Waals surface area contributed by atoms with Gasteiger partial charge < -0.3 is 15.7 Å². The maximum absolute atomic E-state index is 13.7. The number of anilines is 1. The second-order valence-electron chi connectivity index (χ2n) is 10.9. The molecule has 0 bridgehead atoms. The molecule has 3 aromatic rings. The molecule has 1 unspecified atom stereocenters. The van der Waals surface area contributed by atoms with Gasteiger partial charge in [-0.3, -0.25) is 4.79 Å². The Morgan fingerprint density at radius 2 is 1.62 bits per heavy atom. The number of hydrogen-bond donors (Lipinski definition) is 2. The fourth-order valence-corrected chi connectivity index (χ4v) is 5.63. The van der Waals surface area contributed by atoms with Crippen LogP contribution in [0, 0.1) is 6.92 Å². The number of benzene rings is 3. The summed E-state index contributed by atoms with van der Waals surface area (Å²) in [4.78, 5) is 28.0. The van der Waals surface area contributed by atoms with Gasteiger partial charge in [0.2, 0.25) is 5.91 Å². The van der Waals surface area contributed by atoms with Gasteiger partial charge in [-0.1, -0.05) is 80.4 Å². The number of fused-ring (bicyclic) bond motifs is 1. The first-order valence-corrected chi connectivity index (χ1v) is 13.1. The van der Waals surface area contributed by atoms with E-state index in [0.717, 1.165) is 23.1 Å². The van der Waals surface area contributed by atoms with E-state index in [4.69, 9.17) is 28.9 Å². The number of aromatic carboxylic acids is 1. The van der Waals surface area contributed by atoms with E-state index in [-0.39, 0.29) is 17.4 Å². The molecule has 0 radical (unpaired) electrons. The van der Waals surface area contributed by atoms with Crippen LogP contribution in [-0.2, 0) is 28.6 Å². The van der Waals surface area contributed by atoms with Gasteiger partial charge in [-0.2, -0.15) is 0 Å². The third kappa shape index (κ3) is 5.07. The first-order valence-electron chi connectivity index (χ1n) is 12.3. The van der Waals surface area contributed by atoms with Gasteiger partial charge in [0.1, 0.15) is 5.54 Å². The number of aryl methyl sites for hydroxylation is 2. The maximum Gasteiger partial charge on any atom is 0.337 e. The topological polar surface area (TPSA) is 83.6 Å². The SMILES string of the molecule is Cc1cc2c(c(C(=O)O)c1)N(C(Cc1ccc(C(C)(C)C)cc1)(C(N)=O)c1ccc(Cl)c(Cl)c1)CCC2. The zero-order valence-corrected chi connectivity index (χ0v) is 23.1. The Labute approximate surface area is 228 Å². The fraction of sp³-hybridized carbons (Fsp3) is 0.333. The highest BCUT2D eigenvalue weighted by Gasteiger charge is 2.47. The first-order chi connectivity index (χ1) is 17.3. The van der Waals surface area contributed by atoms with Gasteiger partial charge in [-0.05, 0) is 71.2 Å². The summed E-state index contributed by atoms with van der Waals surface area (Å²) in [6, 6.07) is 16.9. The van der Waals surface area contributed by atoms with Crippen molar-refractivity contribution in [1.29, 1.82) is 0 Å². The molecule has 0 saturated heterocycles. The number of carbonyl (C=O) groups is 2. The normalized spacial score (nSPS) is 15.1. The van der Waals surface area contributed by atoms with E-state index in [1.807, 2.05) is 30.0 Å². The number of carboxylic acid groups (broad SMARTS) is 1. The number of nitrogens with two attached hydrogens (primary N) is 1. The molecule has 0 aliphatic carbocycles. The molecule has 0 aromatic heterocycles. The van der Waals surface area contributed by atoms with Gasteiger partial charge in [0.25, 0.3) is 0 Å². The lowest BCUT2D eigenvalue weighted by atomic mass is 9.78. The van der Waals surface area contributed by atoms with E-state index in [9.17, 15) is 14.7 Å². The van der Waals surface area contributed by atoms with Crippen molar-refractivity contribution in [1.82, 2.24) is 0 Å². The molecular formula is C30H32Cl2N2O3. The highest BCUT2D eigenvalue weighted by atomic mass is 35.5. The van der Waals surface area contributed by atoms with Crippen LogP contribution >= 0.6 is 23.2 Å². The standard InChI is InChI=1S/C30H32Cl2N2O3/c1-18-14-20-6-5-13-34(26(20)23(15-18)27(35)36)30(28(33)37,22-11-12-24(31)25(32)16-22)17-19-7-9-21(10-8-19)29(2,3)4/h7-12,14-16H,5-6,13,17H2,1-4H3,(H2,33,37)(H,35,36). The van der Waals surface area contributed by atoms with Crippen LogP contribution in [0.15, 0.2) is 54.6 Å². The van der Waals surface area contributed by atoms with Crippen LogP contribution in [0.1, 0.15) is 65.4 Å². The monoisotopic (exact) mass is 538 g/mol. The number of halogens is 2. The summed E-state index contributed by atoms with van der Waals surface area (Å²) in [6.45, 7) is 8.77. The molecule has 1 aliphatic rings. The second kappa shape index (κ2) is 10.0. The van der Waals surface area contributed by atoms with Crippen molar-refractivity contribution in [3.63, 3.8) is 0 Å². The highest BCUT2D eigenvalue weighted by Crippen LogP contribution is 2.44. The van der Waals surface area contributed by atoms with Crippen LogP contribution in [-0.4, -0.2) is 23.5 Å². The van der Waals surface area contributed by atoms with Crippen LogP contribution in [0.5, 0.6) is 0 Å². The van der Waals surface area contributed by atoms with Gasteiger partial charge in [-0.25, -0.2) is 4.79 Å². The molecule has 194 valence electrons. The van der Waals surface area contributed by atoms with Crippen molar-refractivity contribution < 1.29 is 14.7 Å². The molecule has 1 amide bonds. The predicted octanol–water partition coefficient (Wildman–Crippen LogP) is 6.67. The molecule has 4 rings (SSSR count). The summed E-state index contributed by atoms with van der Waals surface area (Å²) in [5.41, 5.74) is 9.92. The van der Waals surface area contributed by atoms with E-state index in [1.54, 1.807) is 24.3 Å². The number of rotatable bonds is 6. The number of nitrogens with zero attached hydrogens (tertiary/aromatic N) is 1. The lowest BCUT2D eigenvalue weighted by Crippen LogP contribution is -2.58. The van der Waals surface area contributed by atoms with Gasteiger partial charge in [0.05, 0.1) is 21.3 Å². The third-order valence-corrected chi connectivity index (χ3v) is 7.95. The molecular weight excluding hydrogens is 507 g/mol. The van der Waals surface area contributed by atoms with E-state index in [2.05, 4.69) is 32.9 Å². The van der Waals surface area contributed by atoms with Crippen LogP contribution in [0.25, 0.3) is 0 Å². The van der Waals surface area contributed by atoms with Crippen molar-refractivity contribution >= 4 is 40.8 Å². The quantitative estimate of drug-likeness (QED) is 0.366. The van der Waals surface area contributed by atoms with Crippen molar-refractivity contribution in [2.75, 3.05) is 11.4 Å². The number of carboxylic acids is 1. The van der Waals surface area contributed by atoms with Crippen molar-refractivity contribution in [3.05, 3.63) is 98.0 Å². The van der Waals surface area contributed by atoms with E-state index < -0.39 is 17.4 Å². The van der Waals surface area contributed by atoms with Gasteiger partial charge in [0, 0.05) is 13.0 Å². The van der Waals surface area contributed by atoms with Crippen molar-refractivity contribution in [2.45, 2.75) is 57.9 Å². The zero-order chi connectivity index (χ0) is 27.1. The lowest BCUT2D eigenvalue weighted by Gasteiger charge is -2.47. The number of hydrogen-bond acceptors (Lipinski definition) is 3. The van der Waals surface area contributed by atoms with Gasteiger partial charge >= 0.3 is 5.97 Å². The summed E-state index contributed by atoms with van der Waals surface area (Å²) >= 11 is 12.7. The van der Waals surface area contributed by atoms with E-state index in [0.29, 0.717) is 34.3 Å². The molecule has 3 N–H and O–H groups in total. The predicted molar refractivity (Wildman–Crippen MR) is 150 cm³/mol. The van der Waals surface area contributed by atoms with Gasteiger partial charge in [0.15, 0.2) is 0 Å². The molecule has 0 spiro atoms. The van der Waals surface area contributed by atoms with Crippen LogP contribution in [0.3, 0.4) is 0 Å². The molecule has 5 nitrogen and oxygen atoms in total. The van der Waals surface area contributed by atoms with Crippen LogP contribution in [0.2, 0.25) is 10.0 Å². The minimum absolute atomic E-state index is 0.0247. The van der Waals surface area contributed by atoms with E-state index >= 15 is 0 Å². The van der Waals surface area contributed by atoms with Crippen LogP contribution < -0.4 is 10.6 Å². The Bertz CT molecular complexity index is 1360. The first kappa shape index (κ1) is 27.0. The molecule has 1 atom stereocenters. The average molecular weight is 540 g/mol. The minimum atomic E-state index is -1.40. The Kier molecular flexibility index (Phi) is 7.33. The second-order valence-corrected chi connectivity index (χ2v) is 11.7. The average Bonchev–Trinajstić information content (AvgIpc) is 2.83. The summed E-state index contributed by atoms with van der Waals surface area (Å²) < 4.78 is 0. The Morgan fingerprint density at radius 1 is 0.973 bits per heavy atom. The summed E-state index contributed by atoms with van der Waals surface area (Å²) in [7, 11) is 0. The Balaban J connectivity index is 1.99. The third-order valence-electron chi connectivity index (χ3n) is 7.21. The smallest absolute Gasteiger partial charge is 0.337 e. The molecule has 0 saturated carbocycles. The van der Waals surface area contributed by atoms with Gasteiger partial charge in [-0.15, -0.1) is 0 Å². The molecule has 7 heteroatoms. The van der Waals surface area contributed by atoms with Crippen molar-refractivity contribution in [2.24, 2.45) is 5.73 Å².